The van der Waals surface area contributed by atoms with Crippen molar-refractivity contribution in [1.82, 2.24) is 4.98 Å². The van der Waals surface area contributed by atoms with Crippen LogP contribution in [0.15, 0.2) is 19.2 Å². The highest BCUT2D eigenvalue weighted by atomic mass is 35.5. The molecule has 0 atom stereocenters. The zero-order valence-corrected chi connectivity index (χ0v) is 8.43. The van der Waals surface area contributed by atoms with Crippen LogP contribution in [0.5, 0.6) is 0 Å². The lowest BCUT2D eigenvalue weighted by molar-refractivity contribution is 1.14. The molecule has 0 aliphatic carbocycles. The second-order valence-electron chi connectivity index (χ2n) is 2.76. The molecule has 0 aliphatic heterocycles. The van der Waals surface area contributed by atoms with E-state index in [-0.39, 0.29) is 0 Å². The van der Waals surface area contributed by atoms with Gasteiger partial charge in [0.15, 0.2) is 0 Å². The molecular formula is C11H12ClN. The predicted octanol–water partition coefficient (Wildman–Crippen LogP) is 3.41. The van der Waals surface area contributed by atoms with E-state index in [9.17, 15) is 0 Å². The molecule has 0 fully saturated rings. The summed E-state index contributed by atoms with van der Waals surface area (Å²) in [5, 5.41) is 0. The monoisotopic (exact) mass is 193 g/mol. The zero-order valence-electron chi connectivity index (χ0n) is 7.68. The second kappa shape index (κ2) is 4.24. The number of hydrogen-bond donors (Lipinski definition) is 0. The molecule has 0 bridgehead atoms. The molecule has 1 nitrogen and oxygen atoms in total. The highest BCUT2D eigenvalue weighted by Gasteiger charge is 2.04. The standard InChI is InChI=1S/C11H12ClN/c1-4-10-9(7-12)6-8(3)13-11(10)5-2/h4-6H,1-2,7H2,3H3. The van der Waals surface area contributed by atoms with Gasteiger partial charge in [0.05, 0.1) is 5.69 Å². The van der Waals surface area contributed by atoms with Crippen molar-refractivity contribution >= 4 is 23.8 Å². The molecule has 0 amide bonds. The third-order valence-corrected chi connectivity index (χ3v) is 2.13. The van der Waals surface area contributed by atoms with E-state index >= 15 is 0 Å². The Morgan fingerprint density at radius 1 is 1.46 bits per heavy atom. The topological polar surface area (TPSA) is 12.9 Å². The SMILES string of the molecule is C=Cc1nc(C)cc(CCl)c1C=C. The molecular weight excluding hydrogens is 182 g/mol. The summed E-state index contributed by atoms with van der Waals surface area (Å²) in [6, 6.07) is 1.97. The molecule has 0 unspecified atom stereocenters. The van der Waals surface area contributed by atoms with Gasteiger partial charge in [0.25, 0.3) is 0 Å². The van der Waals surface area contributed by atoms with Crippen LogP contribution in [0.3, 0.4) is 0 Å². The molecule has 0 aliphatic rings. The molecule has 0 radical (unpaired) electrons. The average molecular weight is 194 g/mol. The zero-order chi connectivity index (χ0) is 9.84. The lowest BCUT2D eigenvalue weighted by atomic mass is 10.1. The van der Waals surface area contributed by atoms with E-state index in [1.165, 1.54) is 0 Å². The molecule has 1 aromatic rings. The Bertz CT molecular complexity index is 342. The van der Waals surface area contributed by atoms with E-state index in [1.807, 2.05) is 13.0 Å². The summed E-state index contributed by atoms with van der Waals surface area (Å²) >= 11 is 5.80. The highest BCUT2D eigenvalue weighted by molar-refractivity contribution is 6.17. The van der Waals surface area contributed by atoms with E-state index in [1.54, 1.807) is 12.2 Å². The van der Waals surface area contributed by atoms with Gasteiger partial charge in [0.2, 0.25) is 0 Å². The first-order valence-corrected chi connectivity index (χ1v) is 4.57. The summed E-state index contributed by atoms with van der Waals surface area (Å²) in [5.41, 5.74) is 3.84. The maximum atomic E-state index is 5.80. The third kappa shape index (κ3) is 1.99. The Morgan fingerprint density at radius 2 is 2.15 bits per heavy atom. The minimum Gasteiger partial charge on any atom is -0.253 e. The molecule has 68 valence electrons. The number of rotatable bonds is 3. The van der Waals surface area contributed by atoms with Gasteiger partial charge in [-0.05, 0) is 24.6 Å². The minimum atomic E-state index is 0.478. The quantitative estimate of drug-likeness (QED) is 0.671. The van der Waals surface area contributed by atoms with Crippen molar-refractivity contribution in [3.8, 4) is 0 Å². The minimum absolute atomic E-state index is 0.478. The summed E-state index contributed by atoms with van der Waals surface area (Å²) in [6.07, 6.45) is 3.49. The Labute approximate surface area is 83.8 Å². The van der Waals surface area contributed by atoms with Gasteiger partial charge in [-0.3, -0.25) is 4.98 Å². The van der Waals surface area contributed by atoms with E-state index in [0.29, 0.717) is 5.88 Å². The van der Waals surface area contributed by atoms with E-state index in [2.05, 4.69) is 18.1 Å². The summed E-state index contributed by atoms with van der Waals surface area (Å²) in [7, 11) is 0. The van der Waals surface area contributed by atoms with Crippen molar-refractivity contribution in [1.29, 1.82) is 0 Å². The van der Waals surface area contributed by atoms with Crippen LogP contribution in [0, 0.1) is 6.92 Å². The molecule has 0 saturated carbocycles. The number of aryl methyl sites for hydroxylation is 1. The fourth-order valence-corrected chi connectivity index (χ4v) is 1.50. The van der Waals surface area contributed by atoms with Crippen molar-refractivity contribution in [2.75, 3.05) is 0 Å². The first-order valence-electron chi connectivity index (χ1n) is 4.04. The molecule has 0 spiro atoms. The highest BCUT2D eigenvalue weighted by Crippen LogP contribution is 2.18. The number of alkyl halides is 1. The van der Waals surface area contributed by atoms with Gasteiger partial charge >= 0.3 is 0 Å². The summed E-state index contributed by atoms with van der Waals surface area (Å²) in [4.78, 5) is 4.32. The normalized spacial score (nSPS) is 9.69. The van der Waals surface area contributed by atoms with Gasteiger partial charge in [-0.15, -0.1) is 11.6 Å². The Balaban J connectivity index is 3.41. The van der Waals surface area contributed by atoms with Crippen LogP contribution < -0.4 is 0 Å². The van der Waals surface area contributed by atoms with Gasteiger partial charge in [-0.25, -0.2) is 0 Å². The molecule has 0 saturated heterocycles. The summed E-state index contributed by atoms with van der Waals surface area (Å²) in [6.45, 7) is 9.37. The third-order valence-electron chi connectivity index (χ3n) is 1.84. The van der Waals surface area contributed by atoms with Gasteiger partial charge < -0.3 is 0 Å². The van der Waals surface area contributed by atoms with Crippen molar-refractivity contribution < 1.29 is 0 Å². The maximum absolute atomic E-state index is 5.80. The fraction of sp³-hybridized carbons (Fsp3) is 0.182. The lowest BCUT2D eigenvalue weighted by Gasteiger charge is -2.07. The van der Waals surface area contributed by atoms with Crippen molar-refractivity contribution in [3.05, 3.63) is 41.7 Å². The van der Waals surface area contributed by atoms with Gasteiger partial charge in [0.1, 0.15) is 0 Å². The van der Waals surface area contributed by atoms with Crippen LogP contribution in [0.4, 0.5) is 0 Å². The van der Waals surface area contributed by atoms with Crippen molar-refractivity contribution in [3.63, 3.8) is 0 Å². The fourth-order valence-electron chi connectivity index (χ4n) is 1.28. The van der Waals surface area contributed by atoms with Crippen LogP contribution >= 0.6 is 11.6 Å². The average Bonchev–Trinajstić information content (AvgIpc) is 2.16. The molecule has 1 rings (SSSR count). The number of hydrogen-bond acceptors (Lipinski definition) is 1. The molecule has 0 aromatic carbocycles. The number of halogens is 1. The summed E-state index contributed by atoms with van der Waals surface area (Å²) < 4.78 is 0. The molecule has 1 heterocycles. The van der Waals surface area contributed by atoms with Crippen LogP contribution in [0.2, 0.25) is 0 Å². The van der Waals surface area contributed by atoms with E-state index in [4.69, 9.17) is 11.6 Å². The predicted molar refractivity (Wildman–Crippen MR) is 58.7 cm³/mol. The number of nitrogens with zero attached hydrogens (tertiary/aromatic N) is 1. The molecule has 0 N–H and O–H groups in total. The van der Waals surface area contributed by atoms with E-state index < -0.39 is 0 Å². The number of pyridine rings is 1. The van der Waals surface area contributed by atoms with Gasteiger partial charge in [-0.2, -0.15) is 0 Å². The van der Waals surface area contributed by atoms with Crippen molar-refractivity contribution in [2.45, 2.75) is 12.8 Å². The molecule has 13 heavy (non-hydrogen) atoms. The van der Waals surface area contributed by atoms with E-state index in [0.717, 1.165) is 22.5 Å². The smallest absolute Gasteiger partial charge is 0.0702 e. The number of aromatic nitrogens is 1. The van der Waals surface area contributed by atoms with Crippen LogP contribution in [-0.2, 0) is 5.88 Å². The molecule has 2 heteroatoms. The Morgan fingerprint density at radius 3 is 2.62 bits per heavy atom. The van der Waals surface area contributed by atoms with Gasteiger partial charge in [-0.1, -0.05) is 19.2 Å². The van der Waals surface area contributed by atoms with Crippen LogP contribution in [0.25, 0.3) is 12.2 Å². The maximum Gasteiger partial charge on any atom is 0.0702 e. The largest absolute Gasteiger partial charge is 0.253 e. The molecule has 1 aromatic heterocycles. The first-order chi connectivity index (χ1) is 6.22. The first kappa shape index (κ1) is 10.0. The Kier molecular flexibility index (Phi) is 3.26. The van der Waals surface area contributed by atoms with Crippen LogP contribution in [-0.4, -0.2) is 4.98 Å². The van der Waals surface area contributed by atoms with Crippen LogP contribution in [0.1, 0.15) is 22.5 Å². The Hall–Kier alpha value is -1.08. The second-order valence-corrected chi connectivity index (χ2v) is 3.03. The lowest BCUT2D eigenvalue weighted by Crippen LogP contribution is -1.95. The van der Waals surface area contributed by atoms with Gasteiger partial charge in [0, 0.05) is 17.1 Å². The summed E-state index contributed by atoms with van der Waals surface area (Å²) in [5.74, 6) is 0.478. The van der Waals surface area contributed by atoms with Crippen molar-refractivity contribution in [2.24, 2.45) is 0 Å².